The van der Waals surface area contributed by atoms with Gasteiger partial charge < -0.3 is 33.6 Å². The molecule has 1 saturated heterocycles. The average molecular weight is 624 g/mol. The van der Waals surface area contributed by atoms with Crippen molar-refractivity contribution < 1.29 is 23.9 Å². The van der Waals surface area contributed by atoms with Crippen molar-refractivity contribution in [3.63, 3.8) is 0 Å². The molecule has 2 aliphatic heterocycles. The summed E-state index contributed by atoms with van der Waals surface area (Å²) in [6, 6.07) is 8.82. The first kappa shape index (κ1) is 31.1. The molecule has 0 radical (unpaired) electrons. The summed E-state index contributed by atoms with van der Waals surface area (Å²) in [4.78, 5) is 55.0. The number of fused-ring (bicyclic) bond motifs is 4. The Morgan fingerprint density at radius 1 is 0.955 bits per heavy atom. The van der Waals surface area contributed by atoms with E-state index in [0.29, 0.717) is 93.9 Å². The first-order valence-corrected chi connectivity index (χ1v) is 15.2. The number of amides is 4. The van der Waals surface area contributed by atoms with Crippen molar-refractivity contribution >= 4 is 29.4 Å². The molecule has 2 aliphatic rings. The lowest BCUT2D eigenvalue weighted by atomic mass is 10.2. The normalized spacial score (nSPS) is 16.8. The van der Waals surface area contributed by atoms with Crippen LogP contribution in [-0.4, -0.2) is 119 Å². The topological polar surface area (TPSA) is 113 Å². The first-order valence-electron chi connectivity index (χ1n) is 14.8. The van der Waals surface area contributed by atoms with Crippen LogP contribution in [0.5, 0.6) is 11.5 Å². The smallest absolute Gasteiger partial charge is 0.320 e. The van der Waals surface area contributed by atoms with E-state index in [2.05, 4.69) is 9.97 Å². The number of urea groups is 1. The Bertz CT molecular complexity index is 1460. The van der Waals surface area contributed by atoms with Crippen molar-refractivity contribution in [2.24, 2.45) is 0 Å². The number of benzene rings is 1. The lowest BCUT2D eigenvalue weighted by molar-refractivity contribution is -0.132. The highest BCUT2D eigenvalue weighted by molar-refractivity contribution is 6.30. The van der Waals surface area contributed by atoms with Crippen molar-refractivity contribution in [3.8, 4) is 22.9 Å². The van der Waals surface area contributed by atoms with E-state index >= 15 is 0 Å². The number of carbonyl (C=O) groups is 3. The van der Waals surface area contributed by atoms with Gasteiger partial charge in [0.25, 0.3) is 5.91 Å². The number of methoxy groups -OCH3 is 1. The van der Waals surface area contributed by atoms with Gasteiger partial charge in [0.1, 0.15) is 18.1 Å². The average Bonchev–Trinajstić information content (AvgIpc) is 3.63. The summed E-state index contributed by atoms with van der Waals surface area (Å²) in [5.74, 6) is 1.64. The number of nitrogens with zero attached hydrogens (tertiary/aromatic N) is 7. The number of rotatable bonds is 4. The summed E-state index contributed by atoms with van der Waals surface area (Å²) in [7, 11) is 3.33. The summed E-state index contributed by atoms with van der Waals surface area (Å²) in [6.07, 6.45) is 7.05. The van der Waals surface area contributed by atoms with E-state index < -0.39 is 0 Å². The van der Waals surface area contributed by atoms with E-state index in [4.69, 9.17) is 21.1 Å². The van der Waals surface area contributed by atoms with Crippen LogP contribution < -0.4 is 9.47 Å². The molecule has 4 amide bonds. The fraction of sp³-hybridized carbons (Fsp3) is 0.452. The van der Waals surface area contributed by atoms with Crippen LogP contribution in [0.4, 0.5) is 4.79 Å². The minimum absolute atomic E-state index is 0.0337. The van der Waals surface area contributed by atoms with Gasteiger partial charge in [0.15, 0.2) is 11.5 Å². The van der Waals surface area contributed by atoms with Gasteiger partial charge in [0.05, 0.1) is 18.7 Å². The Balaban J connectivity index is 1.38. The molecule has 0 saturated carbocycles. The van der Waals surface area contributed by atoms with Gasteiger partial charge in [-0.3, -0.25) is 9.59 Å². The summed E-state index contributed by atoms with van der Waals surface area (Å²) in [5, 5.41) is 0.462. The van der Waals surface area contributed by atoms with Gasteiger partial charge in [-0.25, -0.2) is 14.8 Å². The van der Waals surface area contributed by atoms with E-state index in [9.17, 15) is 14.4 Å². The molecule has 0 N–H and O–H groups in total. The molecular formula is C31H38ClN7O5. The molecule has 13 heteroatoms. The largest absolute Gasteiger partial charge is 0.493 e. The third kappa shape index (κ3) is 7.42. The van der Waals surface area contributed by atoms with E-state index in [0.717, 1.165) is 11.4 Å². The first-order chi connectivity index (χ1) is 21.3. The molecule has 3 aromatic rings. The molecular weight excluding hydrogens is 586 g/mol. The Morgan fingerprint density at radius 2 is 1.75 bits per heavy atom. The minimum atomic E-state index is -0.186. The highest BCUT2D eigenvalue weighted by Gasteiger charge is 2.29. The Morgan fingerprint density at radius 3 is 2.48 bits per heavy atom. The monoisotopic (exact) mass is 623 g/mol. The summed E-state index contributed by atoms with van der Waals surface area (Å²) in [6.45, 7) is 3.94. The summed E-state index contributed by atoms with van der Waals surface area (Å²) in [5.41, 5.74) is 1.17. The second kappa shape index (κ2) is 14.4. The fourth-order valence-electron chi connectivity index (χ4n) is 5.40. The van der Waals surface area contributed by atoms with Crippen LogP contribution in [0.1, 0.15) is 29.8 Å². The highest BCUT2D eigenvalue weighted by Crippen LogP contribution is 2.32. The third-order valence-corrected chi connectivity index (χ3v) is 8.12. The predicted molar refractivity (Wildman–Crippen MR) is 165 cm³/mol. The molecule has 0 unspecified atom stereocenters. The van der Waals surface area contributed by atoms with Crippen molar-refractivity contribution in [2.75, 3.05) is 66.6 Å². The number of ether oxygens (including phenoxy) is 2. The number of carbonyl (C=O) groups excluding carboxylic acids is 3. The van der Waals surface area contributed by atoms with Gasteiger partial charge in [-0.2, -0.15) is 0 Å². The van der Waals surface area contributed by atoms with Crippen molar-refractivity contribution in [3.05, 3.63) is 59.6 Å². The molecule has 234 valence electrons. The van der Waals surface area contributed by atoms with Crippen LogP contribution in [0.25, 0.3) is 11.4 Å². The van der Waals surface area contributed by atoms with Gasteiger partial charge in [0, 0.05) is 77.0 Å². The molecule has 2 bridgehead atoms. The van der Waals surface area contributed by atoms with Gasteiger partial charge in [0.2, 0.25) is 5.91 Å². The third-order valence-electron chi connectivity index (χ3n) is 7.90. The number of aromatic nitrogens is 3. The van der Waals surface area contributed by atoms with Crippen molar-refractivity contribution in [1.82, 2.24) is 34.1 Å². The molecule has 0 spiro atoms. The van der Waals surface area contributed by atoms with Crippen LogP contribution in [0, 0.1) is 0 Å². The van der Waals surface area contributed by atoms with Crippen LogP contribution in [0.3, 0.4) is 0 Å². The lowest BCUT2D eigenvalue weighted by Gasteiger charge is -2.27. The second-order valence-corrected chi connectivity index (χ2v) is 11.3. The Kier molecular flexibility index (Phi) is 10.2. The van der Waals surface area contributed by atoms with Crippen molar-refractivity contribution in [2.45, 2.75) is 25.8 Å². The predicted octanol–water partition coefficient (Wildman–Crippen LogP) is 3.51. The standard InChI is InChI=1S/C31H38ClN7O5/c1-35-15-16-39(31(35)42)22-28(40)36-11-3-4-12-38(30(41)25-8-7-24(32)21-34-25)13-5-19-44-27-20-23(6-9-26(27)43-2)29-33-10-14-37(29)18-17-36/h6-10,14,20-21H,3-5,11-13,15-19,22H2,1-2H3. The number of halogens is 1. The molecule has 44 heavy (non-hydrogen) atoms. The van der Waals surface area contributed by atoms with Crippen LogP contribution in [0.2, 0.25) is 5.02 Å². The number of pyridine rings is 1. The molecule has 5 rings (SSSR count). The Hall–Kier alpha value is -4.32. The zero-order valence-corrected chi connectivity index (χ0v) is 25.9. The number of hydrogen-bond donors (Lipinski definition) is 0. The van der Waals surface area contributed by atoms with Crippen LogP contribution >= 0.6 is 11.6 Å². The second-order valence-electron chi connectivity index (χ2n) is 10.9. The van der Waals surface area contributed by atoms with E-state index in [1.165, 1.54) is 6.20 Å². The van der Waals surface area contributed by atoms with Crippen LogP contribution in [0.15, 0.2) is 48.9 Å². The number of likely N-dealkylation sites (N-methyl/N-ethyl adjacent to an activating group) is 1. The zero-order valence-electron chi connectivity index (χ0n) is 25.2. The van der Waals surface area contributed by atoms with E-state index in [-0.39, 0.29) is 24.4 Å². The molecule has 2 aromatic heterocycles. The molecule has 1 aromatic carbocycles. The number of hydrogen-bond acceptors (Lipinski definition) is 7. The van der Waals surface area contributed by atoms with E-state index in [1.54, 1.807) is 47.2 Å². The maximum absolute atomic E-state index is 13.5. The van der Waals surface area contributed by atoms with E-state index in [1.807, 2.05) is 33.9 Å². The minimum Gasteiger partial charge on any atom is -0.493 e. The molecule has 1 fully saturated rings. The summed E-state index contributed by atoms with van der Waals surface area (Å²) < 4.78 is 13.7. The van der Waals surface area contributed by atoms with Crippen molar-refractivity contribution in [1.29, 1.82) is 0 Å². The molecule has 0 atom stereocenters. The lowest BCUT2D eigenvalue weighted by Crippen LogP contribution is -2.43. The summed E-state index contributed by atoms with van der Waals surface area (Å²) >= 11 is 6.00. The zero-order chi connectivity index (χ0) is 31.1. The van der Waals surface area contributed by atoms with Gasteiger partial charge in [-0.1, -0.05) is 11.6 Å². The number of imidazole rings is 1. The van der Waals surface area contributed by atoms with Gasteiger partial charge in [-0.15, -0.1) is 0 Å². The maximum atomic E-state index is 13.5. The van der Waals surface area contributed by atoms with Gasteiger partial charge in [-0.05, 0) is 49.6 Å². The highest BCUT2D eigenvalue weighted by atomic mass is 35.5. The van der Waals surface area contributed by atoms with Gasteiger partial charge >= 0.3 is 6.03 Å². The SMILES string of the molecule is COc1ccc2cc1OCCCN(C(=O)c1ccc(Cl)cn1)CCCCN(C(=O)CN1CCN(C)C1=O)CCn1ccnc1-2. The maximum Gasteiger partial charge on any atom is 0.320 e. The molecule has 12 nitrogen and oxygen atoms in total. The Labute approximate surface area is 262 Å². The quantitative estimate of drug-likeness (QED) is 0.437. The molecule has 4 heterocycles. The molecule has 0 aliphatic carbocycles. The fourth-order valence-corrected chi connectivity index (χ4v) is 5.52. The van der Waals surface area contributed by atoms with Crippen LogP contribution in [-0.2, 0) is 11.3 Å².